The van der Waals surface area contributed by atoms with Gasteiger partial charge in [-0.2, -0.15) is 4.72 Å². The maximum Gasteiger partial charge on any atom is 0.242 e. The average Bonchev–Trinajstić information content (AvgIpc) is 3.60. The van der Waals surface area contributed by atoms with Gasteiger partial charge in [-0.1, -0.05) is 91.3 Å². The lowest BCUT2D eigenvalue weighted by atomic mass is 9.90. The highest BCUT2D eigenvalue weighted by atomic mass is 32.2. The van der Waals surface area contributed by atoms with Gasteiger partial charge in [0.25, 0.3) is 0 Å². The molecule has 11 heteroatoms. The molecule has 0 aromatic heterocycles. The first-order valence-corrected chi connectivity index (χ1v) is 19.0. The van der Waals surface area contributed by atoms with Gasteiger partial charge in [0.15, 0.2) is 6.29 Å². The van der Waals surface area contributed by atoms with E-state index in [0.717, 1.165) is 47.2 Å². The van der Waals surface area contributed by atoms with Crippen LogP contribution in [-0.4, -0.2) is 67.3 Å². The Bertz CT molecular complexity index is 1840. The zero-order valence-electron chi connectivity index (χ0n) is 29.0. The Balaban J connectivity index is 1.20. The fourth-order valence-electron chi connectivity index (χ4n) is 6.86. The Kier molecular flexibility index (Phi) is 12.0. The lowest BCUT2D eigenvalue weighted by Crippen LogP contribution is -2.46. The third kappa shape index (κ3) is 9.11. The van der Waals surface area contributed by atoms with Crippen LogP contribution in [0, 0.1) is 12.8 Å². The van der Waals surface area contributed by atoms with Crippen LogP contribution in [0.4, 0.5) is 5.69 Å². The maximum absolute atomic E-state index is 13.7. The van der Waals surface area contributed by atoms with Gasteiger partial charge in [0.1, 0.15) is 6.04 Å². The molecule has 4 aromatic carbocycles. The van der Waals surface area contributed by atoms with Crippen molar-refractivity contribution in [3.05, 3.63) is 131 Å². The van der Waals surface area contributed by atoms with E-state index in [9.17, 15) is 23.4 Å². The minimum Gasteiger partial charge on any atom is -0.395 e. The molecule has 6 atom stereocenters. The van der Waals surface area contributed by atoms with Crippen molar-refractivity contribution >= 4 is 21.6 Å². The second-order valence-corrected chi connectivity index (χ2v) is 15.3. The molecular weight excluding hydrogens is 667 g/mol. The quantitative estimate of drug-likeness (QED) is 0.147. The summed E-state index contributed by atoms with van der Waals surface area (Å²) in [6.45, 7) is 5.63. The number of nitrogens with one attached hydrogen (secondary N) is 2. The minimum atomic E-state index is -3.98. The van der Waals surface area contributed by atoms with Crippen LogP contribution in [0.1, 0.15) is 60.0 Å². The summed E-state index contributed by atoms with van der Waals surface area (Å²) in [6.07, 6.45) is 0.991. The first-order valence-electron chi connectivity index (χ1n) is 17.5. The van der Waals surface area contributed by atoms with E-state index in [1.807, 2.05) is 73.7 Å². The molecule has 2 fully saturated rings. The molecule has 0 aliphatic carbocycles. The fourth-order valence-corrected chi connectivity index (χ4v) is 8.06. The number of aryl methyl sites for hydroxylation is 1. The number of aliphatic hydroxyl groups is 2. The molecule has 4 N–H and O–H groups in total. The molecule has 51 heavy (non-hydrogen) atoms. The Morgan fingerprint density at radius 2 is 1.57 bits per heavy atom. The summed E-state index contributed by atoms with van der Waals surface area (Å²) in [6, 6.07) is 29.8. The summed E-state index contributed by atoms with van der Waals surface area (Å²) in [5, 5.41) is 22.4. The van der Waals surface area contributed by atoms with Crippen molar-refractivity contribution in [2.45, 2.75) is 75.2 Å². The second-order valence-electron chi connectivity index (χ2n) is 13.6. The number of sulfonamides is 1. The number of carbonyl (C=O) groups excluding carboxylic acids is 1. The number of amides is 1. The van der Waals surface area contributed by atoms with Crippen LogP contribution in [-0.2, 0) is 37.3 Å². The van der Waals surface area contributed by atoms with Crippen molar-refractivity contribution in [3.8, 4) is 0 Å². The minimum absolute atomic E-state index is 0.00460. The summed E-state index contributed by atoms with van der Waals surface area (Å²) in [5.41, 5.74) is 4.81. The lowest BCUT2D eigenvalue weighted by molar-refractivity contribution is -0.276. The zero-order chi connectivity index (χ0) is 36.0. The maximum atomic E-state index is 13.7. The molecule has 10 nitrogen and oxygen atoms in total. The Labute approximate surface area is 300 Å². The van der Waals surface area contributed by atoms with Gasteiger partial charge < -0.3 is 25.0 Å². The SMILES string of the molecule is Cc1ccc(S(=O)(=O)NC(Cc2ccccc2)C(=O)Nc2ccc(C3OC(CN4CCCC4CO)C(C)C(c4ccc(CO)cc4)O3)cc2)cc1. The molecule has 1 amide bonds. The van der Waals surface area contributed by atoms with Gasteiger partial charge >= 0.3 is 0 Å². The number of benzene rings is 4. The highest BCUT2D eigenvalue weighted by Crippen LogP contribution is 2.42. The van der Waals surface area contributed by atoms with Gasteiger partial charge in [0.2, 0.25) is 15.9 Å². The standard InChI is InChI=1S/C40H47N3O7S/c1-27-10-20-35(21-11-27)51(47,48)42-36(23-29-7-4-3-5-8-29)39(46)41-33-18-16-32(17-19-33)40-49-37(24-43-22-6-9-34(43)26-45)28(2)38(50-40)31-14-12-30(25-44)13-15-31/h3-5,7-8,10-21,28,34,36-38,40,42,44-45H,6,9,22-26H2,1-2H3,(H,41,46). The highest BCUT2D eigenvalue weighted by molar-refractivity contribution is 7.89. The smallest absolute Gasteiger partial charge is 0.242 e. The van der Waals surface area contributed by atoms with Crippen LogP contribution in [0.25, 0.3) is 0 Å². The van der Waals surface area contributed by atoms with Crippen molar-refractivity contribution in [2.75, 3.05) is 25.0 Å². The van der Waals surface area contributed by atoms with Gasteiger partial charge in [0.05, 0.1) is 30.3 Å². The lowest BCUT2D eigenvalue weighted by Gasteiger charge is -2.43. The van der Waals surface area contributed by atoms with E-state index in [2.05, 4.69) is 21.9 Å². The summed E-state index contributed by atoms with van der Waals surface area (Å²) in [7, 11) is -3.98. The molecule has 0 radical (unpaired) electrons. The largest absolute Gasteiger partial charge is 0.395 e. The van der Waals surface area contributed by atoms with Gasteiger partial charge in [-0.25, -0.2) is 8.42 Å². The topological polar surface area (TPSA) is 137 Å². The zero-order valence-corrected chi connectivity index (χ0v) is 29.8. The molecule has 270 valence electrons. The van der Waals surface area contributed by atoms with Crippen LogP contribution in [0.15, 0.2) is 108 Å². The summed E-state index contributed by atoms with van der Waals surface area (Å²) in [4.78, 5) is 16.1. The molecular formula is C40H47N3O7S. The number of likely N-dealkylation sites (tertiary alicyclic amines) is 1. The third-order valence-electron chi connectivity index (χ3n) is 9.93. The normalized spacial score (nSPS) is 23.2. The van der Waals surface area contributed by atoms with E-state index in [-0.39, 0.29) is 48.7 Å². The Hall–Kier alpha value is -3.94. The molecule has 2 saturated heterocycles. The van der Waals surface area contributed by atoms with Gasteiger partial charge in [-0.05, 0) is 73.7 Å². The third-order valence-corrected chi connectivity index (χ3v) is 11.4. The van der Waals surface area contributed by atoms with Crippen molar-refractivity contribution < 1.29 is 32.9 Å². The Morgan fingerprint density at radius 1 is 0.882 bits per heavy atom. The summed E-state index contributed by atoms with van der Waals surface area (Å²) >= 11 is 0. The van der Waals surface area contributed by atoms with E-state index in [4.69, 9.17) is 9.47 Å². The average molecular weight is 714 g/mol. The molecule has 2 aliphatic rings. The van der Waals surface area contributed by atoms with Gasteiger partial charge in [-0.3, -0.25) is 9.69 Å². The fraction of sp³-hybridized carbons (Fsp3) is 0.375. The van der Waals surface area contributed by atoms with E-state index in [0.29, 0.717) is 12.2 Å². The van der Waals surface area contributed by atoms with Crippen LogP contribution in [0.5, 0.6) is 0 Å². The van der Waals surface area contributed by atoms with Crippen molar-refractivity contribution in [2.24, 2.45) is 5.92 Å². The number of aliphatic hydroxyl groups excluding tert-OH is 2. The van der Waals surface area contributed by atoms with Gasteiger partial charge in [0, 0.05) is 29.8 Å². The number of hydrogen-bond donors (Lipinski definition) is 4. The number of ether oxygens (including phenoxy) is 2. The van der Waals surface area contributed by atoms with Gasteiger partial charge in [-0.15, -0.1) is 0 Å². The van der Waals surface area contributed by atoms with Crippen LogP contribution in [0.3, 0.4) is 0 Å². The molecule has 6 unspecified atom stereocenters. The van der Waals surface area contributed by atoms with Crippen molar-refractivity contribution in [3.63, 3.8) is 0 Å². The van der Waals surface area contributed by atoms with Crippen LogP contribution >= 0.6 is 0 Å². The number of nitrogens with zero attached hydrogens (tertiary/aromatic N) is 1. The first-order chi connectivity index (χ1) is 24.6. The van der Waals surface area contributed by atoms with Crippen LogP contribution < -0.4 is 10.0 Å². The summed E-state index contributed by atoms with van der Waals surface area (Å²) < 4.78 is 42.5. The van der Waals surface area contributed by atoms with E-state index >= 15 is 0 Å². The number of hydrogen-bond acceptors (Lipinski definition) is 8. The number of rotatable bonds is 13. The molecule has 0 bridgehead atoms. The Morgan fingerprint density at radius 3 is 2.24 bits per heavy atom. The van der Waals surface area contributed by atoms with E-state index in [1.165, 1.54) is 12.1 Å². The molecule has 0 saturated carbocycles. The van der Waals surface area contributed by atoms with Crippen molar-refractivity contribution in [1.82, 2.24) is 9.62 Å². The second kappa shape index (κ2) is 16.6. The molecule has 2 heterocycles. The molecule has 0 spiro atoms. The number of anilines is 1. The predicted octanol–water partition coefficient (Wildman–Crippen LogP) is 5.26. The molecule has 4 aromatic rings. The monoisotopic (exact) mass is 713 g/mol. The predicted molar refractivity (Wildman–Crippen MR) is 195 cm³/mol. The van der Waals surface area contributed by atoms with E-state index in [1.54, 1.807) is 24.3 Å². The number of carbonyl (C=O) groups is 1. The van der Waals surface area contributed by atoms with Crippen LogP contribution in [0.2, 0.25) is 0 Å². The van der Waals surface area contributed by atoms with E-state index < -0.39 is 28.3 Å². The summed E-state index contributed by atoms with van der Waals surface area (Å²) in [5.74, 6) is -0.484. The van der Waals surface area contributed by atoms with Crippen molar-refractivity contribution in [1.29, 1.82) is 0 Å². The molecule has 2 aliphatic heterocycles. The molecule has 6 rings (SSSR count). The first kappa shape index (κ1) is 36.8. The highest BCUT2D eigenvalue weighted by Gasteiger charge is 2.40.